The van der Waals surface area contributed by atoms with E-state index < -0.39 is 0 Å². The van der Waals surface area contributed by atoms with Crippen LogP contribution in [0.4, 0.5) is 0 Å². The van der Waals surface area contributed by atoms with E-state index in [1.54, 1.807) is 0 Å². The van der Waals surface area contributed by atoms with Gasteiger partial charge in [0.2, 0.25) is 0 Å². The van der Waals surface area contributed by atoms with E-state index in [4.69, 9.17) is 4.74 Å². The van der Waals surface area contributed by atoms with Crippen LogP contribution >= 0.6 is 0 Å². The topological polar surface area (TPSA) is 21.3 Å². The van der Waals surface area contributed by atoms with Crippen LogP contribution in [0.15, 0.2) is 0 Å². The zero-order valence-electron chi connectivity index (χ0n) is 11.4. The van der Waals surface area contributed by atoms with Crippen molar-refractivity contribution < 1.29 is 4.74 Å². The van der Waals surface area contributed by atoms with Gasteiger partial charge < -0.3 is 10.1 Å². The van der Waals surface area contributed by atoms with Crippen LogP contribution in [-0.2, 0) is 4.74 Å². The minimum atomic E-state index is 0.692. The van der Waals surface area contributed by atoms with Gasteiger partial charge in [0.25, 0.3) is 0 Å². The lowest BCUT2D eigenvalue weighted by Gasteiger charge is -2.31. The van der Waals surface area contributed by atoms with Crippen molar-refractivity contribution in [1.82, 2.24) is 5.32 Å². The molecule has 0 amide bonds. The normalized spacial score (nSPS) is 29.1. The van der Waals surface area contributed by atoms with Gasteiger partial charge in [0.1, 0.15) is 0 Å². The molecule has 2 heteroatoms. The molecule has 2 aliphatic rings. The van der Waals surface area contributed by atoms with Gasteiger partial charge in [-0.05, 0) is 44.6 Å². The van der Waals surface area contributed by atoms with Crippen molar-refractivity contribution in [2.75, 3.05) is 20.3 Å². The van der Waals surface area contributed by atoms with E-state index in [1.165, 1.54) is 57.8 Å². The first-order chi connectivity index (χ1) is 8.40. The Labute approximate surface area is 107 Å². The van der Waals surface area contributed by atoms with Crippen LogP contribution in [0.2, 0.25) is 0 Å². The molecule has 0 aromatic heterocycles. The van der Waals surface area contributed by atoms with E-state index >= 15 is 0 Å². The predicted molar refractivity (Wildman–Crippen MR) is 72.2 cm³/mol. The molecule has 1 saturated carbocycles. The Morgan fingerprint density at radius 2 is 1.94 bits per heavy atom. The van der Waals surface area contributed by atoms with Crippen LogP contribution in [0.25, 0.3) is 0 Å². The van der Waals surface area contributed by atoms with Crippen molar-refractivity contribution in [1.29, 1.82) is 0 Å². The Hall–Kier alpha value is -0.0800. The molecule has 2 atom stereocenters. The molecule has 1 aliphatic carbocycles. The van der Waals surface area contributed by atoms with Crippen molar-refractivity contribution in [2.24, 2.45) is 11.8 Å². The maximum atomic E-state index is 5.62. The summed E-state index contributed by atoms with van der Waals surface area (Å²) in [5.41, 5.74) is 0. The molecule has 0 aromatic carbocycles. The molecule has 1 saturated heterocycles. The highest BCUT2D eigenvalue weighted by Gasteiger charge is 2.24. The molecule has 0 radical (unpaired) electrons. The fourth-order valence-electron chi connectivity index (χ4n) is 3.59. The monoisotopic (exact) mass is 239 g/mol. The van der Waals surface area contributed by atoms with Crippen LogP contribution in [0.3, 0.4) is 0 Å². The minimum absolute atomic E-state index is 0.692. The Balaban J connectivity index is 1.70. The minimum Gasteiger partial charge on any atom is -0.381 e. The van der Waals surface area contributed by atoms with Crippen molar-refractivity contribution in [3.05, 3.63) is 0 Å². The van der Waals surface area contributed by atoms with E-state index in [1.807, 2.05) is 0 Å². The van der Waals surface area contributed by atoms with Crippen LogP contribution in [0.5, 0.6) is 0 Å². The molecular weight excluding hydrogens is 210 g/mol. The smallest absolute Gasteiger partial charge is 0.0509 e. The largest absolute Gasteiger partial charge is 0.381 e. The maximum Gasteiger partial charge on any atom is 0.0509 e. The van der Waals surface area contributed by atoms with Gasteiger partial charge in [-0.3, -0.25) is 0 Å². The number of hydrogen-bond donors (Lipinski definition) is 1. The molecule has 2 rings (SSSR count). The molecule has 2 fully saturated rings. The van der Waals surface area contributed by atoms with Gasteiger partial charge in [-0.1, -0.05) is 32.1 Å². The lowest BCUT2D eigenvalue weighted by molar-refractivity contribution is 0.0378. The fraction of sp³-hybridized carbons (Fsp3) is 1.00. The number of hydrogen-bond acceptors (Lipinski definition) is 2. The molecular formula is C15H29NO. The second kappa shape index (κ2) is 7.38. The molecule has 1 heterocycles. The molecule has 1 N–H and O–H groups in total. The van der Waals surface area contributed by atoms with Crippen molar-refractivity contribution >= 4 is 0 Å². The first kappa shape index (κ1) is 13.4. The summed E-state index contributed by atoms with van der Waals surface area (Å²) in [7, 11) is 2.13. The molecule has 0 bridgehead atoms. The Morgan fingerprint density at radius 1 is 1.12 bits per heavy atom. The Kier molecular flexibility index (Phi) is 5.79. The van der Waals surface area contributed by atoms with Crippen LogP contribution in [-0.4, -0.2) is 26.3 Å². The lowest BCUT2D eigenvalue weighted by Crippen LogP contribution is -2.38. The van der Waals surface area contributed by atoms with Gasteiger partial charge in [0.15, 0.2) is 0 Å². The highest BCUT2D eigenvalue weighted by atomic mass is 16.5. The average Bonchev–Trinajstić information content (AvgIpc) is 2.42. The molecule has 0 spiro atoms. The summed E-state index contributed by atoms with van der Waals surface area (Å²) in [6.07, 6.45) is 12.8. The third kappa shape index (κ3) is 4.26. The SMILES string of the molecule is CNC(CCC1CCCCC1)C1CCCOC1. The van der Waals surface area contributed by atoms with E-state index in [-0.39, 0.29) is 0 Å². The van der Waals surface area contributed by atoms with Gasteiger partial charge in [-0.2, -0.15) is 0 Å². The molecule has 100 valence electrons. The maximum absolute atomic E-state index is 5.62. The van der Waals surface area contributed by atoms with Gasteiger partial charge in [-0.15, -0.1) is 0 Å². The Bertz CT molecular complexity index is 195. The molecule has 17 heavy (non-hydrogen) atoms. The Morgan fingerprint density at radius 3 is 2.59 bits per heavy atom. The van der Waals surface area contributed by atoms with E-state index in [2.05, 4.69) is 12.4 Å². The second-order valence-corrected chi connectivity index (χ2v) is 5.95. The van der Waals surface area contributed by atoms with Gasteiger partial charge >= 0.3 is 0 Å². The molecule has 2 nitrogen and oxygen atoms in total. The summed E-state index contributed by atoms with van der Waals surface area (Å²) < 4.78 is 5.62. The van der Waals surface area contributed by atoms with Gasteiger partial charge in [0, 0.05) is 12.6 Å². The summed E-state index contributed by atoms with van der Waals surface area (Å²) in [6.45, 7) is 1.96. The average molecular weight is 239 g/mol. The summed E-state index contributed by atoms with van der Waals surface area (Å²) in [4.78, 5) is 0. The van der Waals surface area contributed by atoms with Crippen molar-refractivity contribution in [3.63, 3.8) is 0 Å². The van der Waals surface area contributed by atoms with Crippen LogP contribution in [0, 0.1) is 11.8 Å². The number of ether oxygens (including phenoxy) is 1. The lowest BCUT2D eigenvalue weighted by atomic mass is 9.82. The summed E-state index contributed by atoms with van der Waals surface area (Å²) >= 11 is 0. The molecule has 1 aliphatic heterocycles. The molecule has 2 unspecified atom stereocenters. The van der Waals surface area contributed by atoms with Crippen molar-refractivity contribution in [2.45, 2.75) is 63.8 Å². The number of nitrogens with one attached hydrogen (secondary N) is 1. The standard InChI is InChI=1S/C15H29NO/c1-16-15(14-8-5-11-17-12-14)10-9-13-6-3-2-4-7-13/h13-16H,2-12H2,1H3. The summed E-state index contributed by atoms with van der Waals surface area (Å²) in [5.74, 6) is 1.78. The zero-order chi connectivity index (χ0) is 11.9. The third-order valence-electron chi connectivity index (χ3n) is 4.75. The van der Waals surface area contributed by atoms with Gasteiger partial charge in [0.05, 0.1) is 6.61 Å². The van der Waals surface area contributed by atoms with Crippen LogP contribution in [0.1, 0.15) is 57.8 Å². The first-order valence-electron chi connectivity index (χ1n) is 7.65. The summed E-state index contributed by atoms with van der Waals surface area (Å²) in [6, 6.07) is 0.692. The number of rotatable bonds is 5. The van der Waals surface area contributed by atoms with E-state index in [0.29, 0.717) is 6.04 Å². The highest BCUT2D eigenvalue weighted by molar-refractivity contribution is 4.79. The molecule has 0 aromatic rings. The van der Waals surface area contributed by atoms with Crippen LogP contribution < -0.4 is 5.32 Å². The second-order valence-electron chi connectivity index (χ2n) is 5.95. The summed E-state index contributed by atoms with van der Waals surface area (Å²) in [5, 5.41) is 3.53. The fourth-order valence-corrected chi connectivity index (χ4v) is 3.59. The van der Waals surface area contributed by atoms with Crippen molar-refractivity contribution in [3.8, 4) is 0 Å². The first-order valence-corrected chi connectivity index (χ1v) is 7.65. The third-order valence-corrected chi connectivity index (χ3v) is 4.75. The van der Waals surface area contributed by atoms with Gasteiger partial charge in [-0.25, -0.2) is 0 Å². The zero-order valence-corrected chi connectivity index (χ0v) is 11.4. The van der Waals surface area contributed by atoms with E-state index in [9.17, 15) is 0 Å². The van der Waals surface area contributed by atoms with E-state index in [0.717, 1.165) is 25.0 Å². The highest BCUT2D eigenvalue weighted by Crippen LogP contribution is 2.29. The quantitative estimate of drug-likeness (QED) is 0.794. The predicted octanol–water partition coefficient (Wildman–Crippen LogP) is 3.36.